The van der Waals surface area contributed by atoms with Gasteiger partial charge >= 0.3 is 0 Å². The number of benzene rings is 2. The van der Waals surface area contributed by atoms with Crippen LogP contribution in [0.4, 0.5) is 0 Å². The number of para-hydroxylation sites is 2. The summed E-state index contributed by atoms with van der Waals surface area (Å²) >= 11 is 0. The Labute approximate surface area is 246 Å². The average molecular weight is 565 g/mol. The minimum absolute atomic E-state index is 0.269. The molecule has 1 atom stereocenters. The van der Waals surface area contributed by atoms with Crippen LogP contribution in [0.1, 0.15) is 71.8 Å². The topological polar surface area (TPSA) is 119 Å². The molecule has 2 aromatic heterocycles. The second kappa shape index (κ2) is 12.8. The van der Waals surface area contributed by atoms with Crippen molar-refractivity contribution in [3.05, 3.63) is 70.8 Å². The van der Waals surface area contributed by atoms with E-state index in [0.29, 0.717) is 18.2 Å². The molecule has 0 spiro atoms. The van der Waals surface area contributed by atoms with E-state index < -0.39 is 12.0 Å². The van der Waals surface area contributed by atoms with Crippen LogP contribution >= 0.6 is 0 Å². The zero-order valence-corrected chi connectivity index (χ0v) is 24.4. The van der Waals surface area contributed by atoms with Gasteiger partial charge in [-0.2, -0.15) is 0 Å². The molecule has 2 amide bonds. The number of nitrogens with two attached hydrogens (primary N) is 1. The van der Waals surface area contributed by atoms with Gasteiger partial charge in [-0.1, -0.05) is 30.0 Å². The minimum Gasteiger partial charge on any atom is -0.381 e. The molecule has 0 unspecified atom stereocenters. The van der Waals surface area contributed by atoms with Crippen molar-refractivity contribution in [3.63, 3.8) is 0 Å². The maximum absolute atomic E-state index is 12.5. The molecular weight excluding hydrogens is 528 g/mol. The molecule has 4 heterocycles. The first-order chi connectivity index (χ1) is 20.2. The molecule has 2 bridgehead atoms. The number of aryl methyl sites for hydroxylation is 1. The molecule has 2 aliphatic heterocycles. The first kappa shape index (κ1) is 30.1. The van der Waals surface area contributed by atoms with Gasteiger partial charge in [-0.05, 0) is 69.4 Å². The molecule has 1 fully saturated rings. The van der Waals surface area contributed by atoms with Gasteiger partial charge in [0.25, 0.3) is 5.91 Å². The summed E-state index contributed by atoms with van der Waals surface area (Å²) in [4.78, 5) is 33.3. The molecule has 9 nitrogen and oxygen atoms in total. The van der Waals surface area contributed by atoms with Gasteiger partial charge in [-0.15, -0.1) is 12.8 Å². The van der Waals surface area contributed by atoms with Crippen LogP contribution in [-0.2, 0) is 11.3 Å². The number of carbonyl (C=O) groups excluding carboxylic acids is 2. The Kier molecular flexibility index (Phi) is 9.15. The second-order valence-corrected chi connectivity index (χ2v) is 10.4. The number of carbonyl (C=O) groups is 2. The predicted molar refractivity (Wildman–Crippen MR) is 164 cm³/mol. The SMILES string of the molecule is C#C.CCN(C)C=O.Cc1nc2ccccc2n1Cc1c(C(N)=O)nc2n1C1CC(C1)c1ccc(C#C[C@H](C)O)cc1-2. The number of rotatable bonds is 5. The number of amides is 2. The molecule has 9 heteroatoms. The lowest BCUT2D eigenvalue weighted by Crippen LogP contribution is -2.26. The van der Waals surface area contributed by atoms with Gasteiger partial charge in [0.2, 0.25) is 6.41 Å². The Morgan fingerprint density at radius 2 is 1.95 bits per heavy atom. The zero-order valence-electron chi connectivity index (χ0n) is 24.4. The summed E-state index contributed by atoms with van der Waals surface area (Å²) in [5.41, 5.74) is 11.9. The number of aliphatic hydroxyl groups is 1. The van der Waals surface area contributed by atoms with E-state index in [1.165, 1.54) is 5.56 Å². The molecule has 1 aliphatic carbocycles. The number of imidazole rings is 2. The number of fused-ring (bicyclic) bond motifs is 1. The van der Waals surface area contributed by atoms with Crippen LogP contribution in [0.3, 0.4) is 0 Å². The smallest absolute Gasteiger partial charge is 0.269 e. The van der Waals surface area contributed by atoms with Crippen molar-refractivity contribution in [2.45, 2.75) is 58.2 Å². The van der Waals surface area contributed by atoms with Crippen LogP contribution in [0.2, 0.25) is 0 Å². The number of aromatic nitrogens is 4. The Hall–Kier alpha value is -4.86. The first-order valence-electron chi connectivity index (χ1n) is 13.9. The average Bonchev–Trinajstić information content (AvgIpc) is 3.41. The number of terminal acetylenes is 1. The fourth-order valence-corrected chi connectivity index (χ4v) is 5.44. The molecule has 0 saturated heterocycles. The number of aliphatic hydroxyl groups excluding tert-OH is 1. The second-order valence-electron chi connectivity index (χ2n) is 10.4. The van der Waals surface area contributed by atoms with Crippen molar-refractivity contribution in [3.8, 4) is 36.1 Å². The third-order valence-corrected chi connectivity index (χ3v) is 7.71. The van der Waals surface area contributed by atoms with Crippen LogP contribution < -0.4 is 5.73 Å². The van der Waals surface area contributed by atoms with E-state index in [9.17, 15) is 14.7 Å². The van der Waals surface area contributed by atoms with Gasteiger partial charge in [0.1, 0.15) is 17.8 Å². The van der Waals surface area contributed by atoms with Gasteiger partial charge in [0, 0.05) is 30.8 Å². The van der Waals surface area contributed by atoms with Crippen LogP contribution in [0.5, 0.6) is 0 Å². The van der Waals surface area contributed by atoms with Gasteiger partial charge in [0.05, 0.1) is 23.3 Å². The number of hydrogen-bond acceptors (Lipinski definition) is 5. The summed E-state index contributed by atoms with van der Waals surface area (Å²) in [6.45, 7) is 6.81. The van der Waals surface area contributed by atoms with E-state index in [-0.39, 0.29) is 6.04 Å². The lowest BCUT2D eigenvalue weighted by molar-refractivity contribution is -0.116. The van der Waals surface area contributed by atoms with E-state index >= 15 is 0 Å². The van der Waals surface area contributed by atoms with Gasteiger partial charge in [-0.25, -0.2) is 9.97 Å². The molecule has 3 N–H and O–H groups in total. The molecule has 1 saturated carbocycles. The maximum Gasteiger partial charge on any atom is 0.269 e. The Morgan fingerprint density at radius 1 is 1.24 bits per heavy atom. The van der Waals surface area contributed by atoms with E-state index in [1.54, 1.807) is 18.9 Å². The van der Waals surface area contributed by atoms with E-state index in [0.717, 1.165) is 65.3 Å². The zero-order chi connectivity index (χ0) is 30.6. The first-order valence-corrected chi connectivity index (χ1v) is 13.9. The summed E-state index contributed by atoms with van der Waals surface area (Å²) in [6.07, 6.45) is 10.1. The van der Waals surface area contributed by atoms with Crippen molar-refractivity contribution in [1.29, 1.82) is 0 Å². The molecule has 3 aliphatic rings. The summed E-state index contributed by atoms with van der Waals surface area (Å²) in [5.74, 6) is 7.43. The summed E-state index contributed by atoms with van der Waals surface area (Å²) in [6, 6.07) is 14.4. The lowest BCUT2D eigenvalue weighted by atomic mass is 9.75. The molecule has 0 radical (unpaired) electrons. The maximum atomic E-state index is 12.5. The Bertz CT molecular complexity index is 1700. The summed E-state index contributed by atoms with van der Waals surface area (Å²) in [7, 11) is 1.74. The van der Waals surface area contributed by atoms with Gasteiger partial charge in [-0.3, -0.25) is 9.59 Å². The highest BCUT2D eigenvalue weighted by Crippen LogP contribution is 2.53. The predicted octanol–water partition coefficient (Wildman–Crippen LogP) is 3.86. The van der Waals surface area contributed by atoms with Crippen molar-refractivity contribution >= 4 is 23.4 Å². The Morgan fingerprint density at radius 3 is 2.57 bits per heavy atom. The fraction of sp³-hybridized carbons (Fsp3) is 0.333. The molecular formula is C33H36N6O3. The van der Waals surface area contributed by atoms with Crippen LogP contribution in [0.15, 0.2) is 42.5 Å². The van der Waals surface area contributed by atoms with E-state index in [1.807, 2.05) is 50.2 Å². The normalized spacial score (nSPS) is 16.4. The largest absolute Gasteiger partial charge is 0.381 e. The highest BCUT2D eigenvalue weighted by molar-refractivity contribution is 5.93. The minimum atomic E-state index is -0.699. The quantitative estimate of drug-likeness (QED) is 0.282. The van der Waals surface area contributed by atoms with Crippen molar-refractivity contribution in [2.75, 3.05) is 13.6 Å². The monoisotopic (exact) mass is 564 g/mol. The molecule has 4 aromatic rings. The van der Waals surface area contributed by atoms with Crippen LogP contribution in [0, 0.1) is 31.6 Å². The van der Waals surface area contributed by atoms with Crippen molar-refractivity contribution in [2.24, 2.45) is 5.73 Å². The standard InChI is InChI=1S/C27H25N5O2.C4H9NO.C2H2/c1-15(33)7-8-17-9-10-20-18-12-19(13-18)32-24(25(26(28)34)30-27(32)21(20)11-17)14-31-16(2)29-22-5-3-4-6-23(22)31;1-3-5(2)4-6;1-2/h3-6,9-11,15,18-19,33H,12-14H2,1-2H3,(H2,28,34);4H,3H2,1-2H3;1-2H/t15-,18?,19?;;/m0../s1. The van der Waals surface area contributed by atoms with Crippen molar-refractivity contribution < 1.29 is 14.7 Å². The van der Waals surface area contributed by atoms with E-state index in [4.69, 9.17) is 15.7 Å². The molecule has 2 aromatic carbocycles. The third-order valence-electron chi connectivity index (χ3n) is 7.71. The molecule has 216 valence electrons. The van der Waals surface area contributed by atoms with Crippen molar-refractivity contribution in [1.82, 2.24) is 24.0 Å². The molecule has 42 heavy (non-hydrogen) atoms. The number of primary amides is 1. The highest BCUT2D eigenvalue weighted by atomic mass is 16.3. The van der Waals surface area contributed by atoms with Gasteiger partial charge < -0.3 is 24.9 Å². The number of hydrogen-bond donors (Lipinski definition) is 2. The van der Waals surface area contributed by atoms with Gasteiger partial charge in [0.15, 0.2) is 5.69 Å². The summed E-state index contributed by atoms with van der Waals surface area (Å²) in [5, 5.41) is 9.58. The summed E-state index contributed by atoms with van der Waals surface area (Å²) < 4.78 is 4.35. The highest BCUT2D eigenvalue weighted by Gasteiger charge is 2.41. The molecule has 7 rings (SSSR count). The lowest BCUT2D eigenvalue weighted by Gasteiger charge is -2.35. The number of nitrogens with zero attached hydrogens (tertiary/aromatic N) is 5. The van der Waals surface area contributed by atoms with Crippen LogP contribution in [0.25, 0.3) is 22.4 Å². The third kappa shape index (κ3) is 5.79. The van der Waals surface area contributed by atoms with Crippen LogP contribution in [-0.4, -0.2) is 61.1 Å². The Balaban J connectivity index is 0.000000453. The van der Waals surface area contributed by atoms with E-state index in [2.05, 4.69) is 39.9 Å². The fourth-order valence-electron chi connectivity index (χ4n) is 5.44.